The van der Waals surface area contributed by atoms with Gasteiger partial charge in [-0.05, 0) is 11.1 Å². The Morgan fingerprint density at radius 3 is 1.20 bits per heavy atom. The highest BCUT2D eigenvalue weighted by molar-refractivity contribution is 5.62. The van der Waals surface area contributed by atoms with Crippen LogP contribution >= 0.6 is 0 Å². The van der Waals surface area contributed by atoms with Crippen molar-refractivity contribution in [3.63, 3.8) is 0 Å². The Morgan fingerprint density at radius 1 is 0.600 bits per heavy atom. The Labute approximate surface area is 90.3 Å². The molecule has 15 heavy (non-hydrogen) atoms. The van der Waals surface area contributed by atoms with Gasteiger partial charge in [0.1, 0.15) is 0 Å². The highest BCUT2D eigenvalue weighted by Crippen LogP contribution is 2.17. The Balaban J connectivity index is 0.000000244. The monoisotopic (exact) mass is 198 g/mol. The van der Waals surface area contributed by atoms with Gasteiger partial charge in [-0.25, -0.2) is 0 Å². The van der Waals surface area contributed by atoms with Crippen LogP contribution in [0.2, 0.25) is 0 Å². The van der Waals surface area contributed by atoms with Crippen LogP contribution in [0.1, 0.15) is 0 Å². The average molecular weight is 198 g/mol. The van der Waals surface area contributed by atoms with Gasteiger partial charge in [-0.1, -0.05) is 60.7 Å². The molecule has 1 saturated heterocycles. The zero-order valence-electron chi connectivity index (χ0n) is 8.60. The number of hydrogen-bond donors (Lipinski definition) is 0. The number of ether oxygens (including phenoxy) is 1. The maximum absolute atomic E-state index is 4.50. The lowest BCUT2D eigenvalue weighted by molar-refractivity contribution is 0.475. The number of hydrogen-bond acceptors (Lipinski definition) is 1. The molecule has 1 nitrogen and oxygen atoms in total. The molecule has 0 amide bonds. The van der Waals surface area contributed by atoms with Crippen LogP contribution in [0.4, 0.5) is 0 Å². The fourth-order valence-corrected chi connectivity index (χ4v) is 1.26. The minimum Gasteiger partial charge on any atom is -0.377 e. The third-order valence-electron chi connectivity index (χ3n) is 2.09. The second kappa shape index (κ2) is 5.32. The molecule has 0 N–H and O–H groups in total. The maximum Gasteiger partial charge on any atom is 0.0701 e. The molecular formula is C14H14O. The molecule has 76 valence electrons. The van der Waals surface area contributed by atoms with Crippen LogP contribution in [0.25, 0.3) is 11.1 Å². The van der Waals surface area contributed by atoms with Gasteiger partial charge < -0.3 is 4.74 Å². The first-order valence-electron chi connectivity index (χ1n) is 5.15. The van der Waals surface area contributed by atoms with Gasteiger partial charge in [-0.2, -0.15) is 0 Å². The third-order valence-corrected chi connectivity index (χ3v) is 2.09. The van der Waals surface area contributed by atoms with Gasteiger partial charge in [-0.3, -0.25) is 0 Å². The van der Waals surface area contributed by atoms with Gasteiger partial charge in [0.25, 0.3) is 0 Å². The van der Waals surface area contributed by atoms with E-state index in [2.05, 4.69) is 53.3 Å². The Kier molecular flexibility index (Phi) is 3.53. The third kappa shape index (κ3) is 3.56. The van der Waals surface area contributed by atoms with Gasteiger partial charge in [-0.15, -0.1) is 0 Å². The second-order valence-corrected chi connectivity index (χ2v) is 3.34. The van der Waals surface area contributed by atoms with E-state index >= 15 is 0 Å². The summed E-state index contributed by atoms with van der Waals surface area (Å²) in [6, 6.07) is 20.8. The van der Waals surface area contributed by atoms with Crippen molar-refractivity contribution in [2.45, 2.75) is 0 Å². The van der Waals surface area contributed by atoms with Crippen molar-refractivity contribution in [3.8, 4) is 11.1 Å². The Bertz CT molecular complexity index is 338. The van der Waals surface area contributed by atoms with Crippen LogP contribution in [0.15, 0.2) is 60.7 Å². The molecule has 1 aliphatic heterocycles. The molecule has 0 atom stereocenters. The van der Waals surface area contributed by atoms with E-state index in [0.717, 1.165) is 13.2 Å². The maximum atomic E-state index is 4.50. The number of benzene rings is 2. The predicted molar refractivity (Wildman–Crippen MR) is 62.7 cm³/mol. The van der Waals surface area contributed by atoms with E-state index in [0.29, 0.717) is 0 Å². The van der Waals surface area contributed by atoms with Crippen LogP contribution in [-0.2, 0) is 4.74 Å². The predicted octanol–water partition coefficient (Wildman–Crippen LogP) is 3.37. The van der Waals surface area contributed by atoms with E-state index in [-0.39, 0.29) is 0 Å². The highest BCUT2D eigenvalue weighted by Gasteiger charge is 1.94. The molecule has 0 unspecified atom stereocenters. The van der Waals surface area contributed by atoms with Crippen LogP contribution in [0.5, 0.6) is 0 Å². The molecule has 1 aliphatic rings. The first-order valence-corrected chi connectivity index (χ1v) is 5.15. The smallest absolute Gasteiger partial charge is 0.0701 e. The summed E-state index contributed by atoms with van der Waals surface area (Å²) < 4.78 is 4.50. The lowest BCUT2D eigenvalue weighted by Crippen LogP contribution is -1.73. The van der Waals surface area contributed by atoms with E-state index in [1.54, 1.807) is 0 Å². The SMILES string of the molecule is C1CO1.c1ccc(-c2ccccc2)cc1. The second-order valence-electron chi connectivity index (χ2n) is 3.34. The van der Waals surface area contributed by atoms with Crippen molar-refractivity contribution in [3.05, 3.63) is 60.7 Å². The van der Waals surface area contributed by atoms with Crippen molar-refractivity contribution >= 4 is 0 Å². The molecule has 0 bridgehead atoms. The van der Waals surface area contributed by atoms with Crippen LogP contribution < -0.4 is 0 Å². The molecule has 0 aliphatic carbocycles. The minimum absolute atomic E-state index is 1.00. The molecule has 1 fully saturated rings. The average Bonchev–Trinajstić information content (AvgIpc) is 3.19. The zero-order valence-corrected chi connectivity index (χ0v) is 8.60. The van der Waals surface area contributed by atoms with Gasteiger partial charge >= 0.3 is 0 Å². The molecular weight excluding hydrogens is 184 g/mol. The van der Waals surface area contributed by atoms with Gasteiger partial charge in [0.15, 0.2) is 0 Å². The number of rotatable bonds is 1. The molecule has 0 radical (unpaired) electrons. The standard InChI is InChI=1S/C12H10.C2H4O/c1-3-7-11(8-4-1)12-9-5-2-6-10-12;1-2-3-1/h1-10H;1-2H2. The molecule has 1 heteroatoms. The molecule has 2 aromatic carbocycles. The van der Waals surface area contributed by atoms with Crippen LogP contribution in [-0.4, -0.2) is 13.2 Å². The summed E-state index contributed by atoms with van der Waals surface area (Å²) in [7, 11) is 0. The van der Waals surface area contributed by atoms with E-state index in [9.17, 15) is 0 Å². The summed E-state index contributed by atoms with van der Waals surface area (Å²) in [5, 5.41) is 0. The first kappa shape index (κ1) is 9.94. The highest BCUT2D eigenvalue weighted by atomic mass is 16.6. The van der Waals surface area contributed by atoms with Gasteiger partial charge in [0.05, 0.1) is 13.2 Å². The molecule has 0 saturated carbocycles. The summed E-state index contributed by atoms with van der Waals surface area (Å²) >= 11 is 0. The lowest BCUT2D eigenvalue weighted by atomic mass is 10.1. The lowest BCUT2D eigenvalue weighted by Gasteiger charge is -1.98. The molecule has 0 aromatic heterocycles. The topological polar surface area (TPSA) is 12.5 Å². The van der Waals surface area contributed by atoms with Crippen molar-refractivity contribution in [2.75, 3.05) is 13.2 Å². The van der Waals surface area contributed by atoms with Crippen molar-refractivity contribution in [1.82, 2.24) is 0 Å². The van der Waals surface area contributed by atoms with E-state index in [1.807, 2.05) is 12.1 Å². The molecule has 0 spiro atoms. The minimum atomic E-state index is 1.00. The van der Waals surface area contributed by atoms with E-state index in [4.69, 9.17) is 0 Å². The summed E-state index contributed by atoms with van der Waals surface area (Å²) in [4.78, 5) is 0. The van der Waals surface area contributed by atoms with Crippen molar-refractivity contribution in [2.24, 2.45) is 0 Å². The summed E-state index contributed by atoms with van der Waals surface area (Å²) in [5.74, 6) is 0. The zero-order chi connectivity index (χ0) is 10.3. The molecule has 2 aromatic rings. The van der Waals surface area contributed by atoms with Gasteiger partial charge in [0.2, 0.25) is 0 Å². The molecule has 1 heterocycles. The van der Waals surface area contributed by atoms with E-state index < -0.39 is 0 Å². The summed E-state index contributed by atoms with van der Waals surface area (Å²) in [6.45, 7) is 2.00. The Hall–Kier alpha value is -1.60. The van der Waals surface area contributed by atoms with Crippen molar-refractivity contribution < 1.29 is 4.74 Å². The fraction of sp³-hybridized carbons (Fsp3) is 0.143. The normalized spacial score (nSPS) is 12.5. The Morgan fingerprint density at radius 2 is 0.933 bits per heavy atom. The first-order chi connectivity index (χ1) is 7.47. The van der Waals surface area contributed by atoms with Gasteiger partial charge in [0, 0.05) is 0 Å². The quantitative estimate of drug-likeness (QED) is 0.640. The van der Waals surface area contributed by atoms with Crippen molar-refractivity contribution in [1.29, 1.82) is 0 Å². The van der Waals surface area contributed by atoms with E-state index in [1.165, 1.54) is 11.1 Å². The molecule has 3 rings (SSSR count). The summed E-state index contributed by atoms with van der Waals surface area (Å²) in [6.07, 6.45) is 0. The van der Waals surface area contributed by atoms with Crippen LogP contribution in [0, 0.1) is 0 Å². The fourth-order valence-electron chi connectivity index (χ4n) is 1.26. The summed E-state index contributed by atoms with van der Waals surface area (Å²) in [5.41, 5.74) is 2.55. The largest absolute Gasteiger partial charge is 0.377 e. The van der Waals surface area contributed by atoms with Crippen LogP contribution in [0.3, 0.4) is 0 Å². The number of epoxide rings is 1.